The van der Waals surface area contributed by atoms with Gasteiger partial charge < -0.3 is 15.0 Å². The number of para-hydroxylation sites is 1. The minimum Gasteiger partial charge on any atom is -0.497 e. The Morgan fingerprint density at radius 3 is 2.26 bits per heavy atom. The molecule has 3 aromatic carbocycles. The van der Waals surface area contributed by atoms with Gasteiger partial charge in [-0.05, 0) is 73.4 Å². The van der Waals surface area contributed by atoms with Crippen molar-refractivity contribution >= 4 is 50.7 Å². The highest BCUT2D eigenvalue weighted by molar-refractivity contribution is 7.92. The van der Waals surface area contributed by atoms with Crippen molar-refractivity contribution in [1.82, 2.24) is 10.2 Å². The van der Waals surface area contributed by atoms with Crippen molar-refractivity contribution in [2.45, 2.75) is 62.6 Å². The maximum atomic E-state index is 14.2. The molecule has 0 radical (unpaired) electrons. The van der Waals surface area contributed by atoms with Crippen LogP contribution in [0.25, 0.3) is 0 Å². The van der Waals surface area contributed by atoms with Crippen LogP contribution in [0.4, 0.5) is 5.69 Å². The van der Waals surface area contributed by atoms with Crippen LogP contribution in [0.3, 0.4) is 0 Å². The van der Waals surface area contributed by atoms with E-state index in [1.165, 1.54) is 24.1 Å². The number of amides is 2. The van der Waals surface area contributed by atoms with Gasteiger partial charge in [-0.3, -0.25) is 13.9 Å². The molecule has 224 valence electrons. The van der Waals surface area contributed by atoms with E-state index < -0.39 is 28.5 Å². The minimum atomic E-state index is -4.18. The SMILES string of the molecule is CCC(C(=O)NC1CCCC1)N(Cc1ccc(Cl)cc1Cl)C(=O)CN(c1ccccc1)S(=O)(=O)c1ccc(OC)cc1. The Morgan fingerprint density at radius 2 is 1.67 bits per heavy atom. The number of rotatable bonds is 12. The topological polar surface area (TPSA) is 96.0 Å². The summed E-state index contributed by atoms with van der Waals surface area (Å²) < 4.78 is 34.1. The molecule has 8 nitrogen and oxygen atoms in total. The van der Waals surface area contributed by atoms with E-state index >= 15 is 0 Å². The lowest BCUT2D eigenvalue weighted by Gasteiger charge is -2.34. The quantitative estimate of drug-likeness (QED) is 0.262. The second-order valence-electron chi connectivity index (χ2n) is 10.2. The maximum absolute atomic E-state index is 14.2. The van der Waals surface area contributed by atoms with E-state index in [0.717, 1.165) is 30.0 Å². The van der Waals surface area contributed by atoms with Crippen LogP contribution in [-0.4, -0.2) is 50.9 Å². The zero-order valence-electron chi connectivity index (χ0n) is 23.6. The summed E-state index contributed by atoms with van der Waals surface area (Å²) in [5.41, 5.74) is 0.903. The van der Waals surface area contributed by atoms with Gasteiger partial charge in [0.2, 0.25) is 11.8 Å². The fraction of sp³-hybridized carbons (Fsp3) is 0.355. The van der Waals surface area contributed by atoms with E-state index in [4.69, 9.17) is 27.9 Å². The average Bonchev–Trinajstić information content (AvgIpc) is 3.50. The molecular weight excluding hydrogens is 597 g/mol. The number of halogens is 2. The van der Waals surface area contributed by atoms with Crippen LogP contribution < -0.4 is 14.4 Å². The molecule has 1 atom stereocenters. The Kier molecular flexibility index (Phi) is 10.8. The van der Waals surface area contributed by atoms with E-state index in [1.807, 2.05) is 6.92 Å². The molecule has 0 aromatic heterocycles. The summed E-state index contributed by atoms with van der Waals surface area (Å²) in [5, 5.41) is 3.88. The first-order chi connectivity index (χ1) is 20.1. The van der Waals surface area contributed by atoms with Gasteiger partial charge in [0.05, 0.1) is 17.7 Å². The van der Waals surface area contributed by atoms with Crippen LogP contribution in [0, 0.1) is 0 Å². The van der Waals surface area contributed by atoms with Gasteiger partial charge in [-0.1, -0.05) is 67.2 Å². The summed E-state index contributed by atoms with van der Waals surface area (Å²) >= 11 is 12.6. The maximum Gasteiger partial charge on any atom is 0.264 e. The molecule has 42 heavy (non-hydrogen) atoms. The number of carbonyl (C=O) groups excluding carboxylic acids is 2. The predicted octanol–water partition coefficient (Wildman–Crippen LogP) is 6.06. The Hall–Kier alpha value is -3.27. The Labute approximate surface area is 257 Å². The van der Waals surface area contributed by atoms with Gasteiger partial charge in [-0.25, -0.2) is 8.42 Å². The molecule has 2 amide bonds. The molecule has 0 saturated heterocycles. The Morgan fingerprint density at radius 1 is 1.00 bits per heavy atom. The van der Waals surface area contributed by atoms with Gasteiger partial charge in [0.15, 0.2) is 0 Å². The van der Waals surface area contributed by atoms with Gasteiger partial charge in [0.1, 0.15) is 18.3 Å². The molecule has 4 rings (SSSR count). The smallest absolute Gasteiger partial charge is 0.264 e. The fourth-order valence-corrected chi connectivity index (χ4v) is 7.00. The third kappa shape index (κ3) is 7.56. The number of nitrogens with zero attached hydrogens (tertiary/aromatic N) is 2. The van der Waals surface area contributed by atoms with Crippen LogP contribution >= 0.6 is 23.2 Å². The molecule has 1 fully saturated rings. The average molecular weight is 633 g/mol. The number of anilines is 1. The molecule has 11 heteroatoms. The fourth-order valence-electron chi connectivity index (χ4n) is 5.12. The van der Waals surface area contributed by atoms with Crippen LogP contribution in [0.15, 0.2) is 77.7 Å². The number of benzene rings is 3. The Bertz CT molecular complexity index is 1480. The van der Waals surface area contributed by atoms with Crippen molar-refractivity contribution in [2.75, 3.05) is 18.0 Å². The highest BCUT2D eigenvalue weighted by Gasteiger charge is 2.34. The standard InChI is InChI=1S/C31H35Cl2N3O5S/c1-3-29(31(38)34-24-9-7-8-10-24)35(20-22-13-14-23(32)19-28(22)33)30(37)21-36(25-11-5-4-6-12-25)42(39,40)27-17-15-26(41-2)16-18-27/h4-6,11-19,24,29H,3,7-10,20-21H2,1-2H3,(H,34,38). The predicted molar refractivity (Wildman–Crippen MR) is 165 cm³/mol. The number of hydrogen-bond acceptors (Lipinski definition) is 5. The van der Waals surface area contributed by atoms with Crippen molar-refractivity contribution < 1.29 is 22.7 Å². The van der Waals surface area contributed by atoms with Crippen molar-refractivity contribution in [3.05, 3.63) is 88.4 Å². The van der Waals surface area contributed by atoms with Gasteiger partial charge in [0.25, 0.3) is 10.0 Å². The van der Waals surface area contributed by atoms with Crippen molar-refractivity contribution in [1.29, 1.82) is 0 Å². The van der Waals surface area contributed by atoms with Crippen molar-refractivity contribution in [3.63, 3.8) is 0 Å². The number of nitrogens with one attached hydrogen (secondary N) is 1. The van der Waals surface area contributed by atoms with E-state index in [0.29, 0.717) is 33.5 Å². The van der Waals surface area contributed by atoms with Gasteiger partial charge in [-0.2, -0.15) is 0 Å². The largest absolute Gasteiger partial charge is 0.497 e. The summed E-state index contributed by atoms with van der Waals surface area (Å²) in [4.78, 5) is 29.1. The van der Waals surface area contributed by atoms with Crippen molar-refractivity contribution in [2.24, 2.45) is 0 Å². The highest BCUT2D eigenvalue weighted by Crippen LogP contribution is 2.28. The first kappa shape index (κ1) is 31.7. The van der Waals surface area contributed by atoms with Crippen LogP contribution in [0.1, 0.15) is 44.6 Å². The summed E-state index contributed by atoms with van der Waals surface area (Å²) in [6.07, 6.45) is 4.19. The molecule has 0 aliphatic heterocycles. The van der Waals surface area contributed by atoms with Crippen LogP contribution in [-0.2, 0) is 26.2 Å². The molecule has 1 aliphatic carbocycles. The number of hydrogen-bond donors (Lipinski definition) is 1. The van der Waals surface area contributed by atoms with E-state index in [-0.39, 0.29) is 23.4 Å². The van der Waals surface area contributed by atoms with E-state index in [9.17, 15) is 18.0 Å². The summed E-state index contributed by atoms with van der Waals surface area (Å²) in [6, 6.07) is 18.5. The second-order valence-corrected chi connectivity index (χ2v) is 12.9. The molecule has 1 N–H and O–H groups in total. The monoisotopic (exact) mass is 631 g/mol. The molecule has 1 aliphatic rings. The molecule has 3 aromatic rings. The van der Waals surface area contributed by atoms with Gasteiger partial charge >= 0.3 is 0 Å². The molecule has 1 saturated carbocycles. The zero-order chi connectivity index (χ0) is 30.3. The van der Waals surface area contributed by atoms with E-state index in [1.54, 1.807) is 60.7 Å². The number of ether oxygens (including phenoxy) is 1. The third-order valence-electron chi connectivity index (χ3n) is 7.41. The number of carbonyl (C=O) groups is 2. The Balaban J connectivity index is 1.71. The summed E-state index contributed by atoms with van der Waals surface area (Å²) in [5.74, 6) is -0.316. The minimum absolute atomic E-state index is 0.00160. The number of sulfonamides is 1. The van der Waals surface area contributed by atoms with Gasteiger partial charge in [0, 0.05) is 22.6 Å². The summed E-state index contributed by atoms with van der Waals surface area (Å²) in [7, 11) is -2.69. The van der Waals surface area contributed by atoms with Crippen LogP contribution in [0.5, 0.6) is 5.75 Å². The lowest BCUT2D eigenvalue weighted by atomic mass is 10.1. The summed E-state index contributed by atoms with van der Waals surface area (Å²) in [6.45, 7) is 1.29. The molecule has 0 heterocycles. The zero-order valence-corrected chi connectivity index (χ0v) is 26.0. The van der Waals surface area contributed by atoms with Crippen molar-refractivity contribution in [3.8, 4) is 5.75 Å². The second kappa shape index (κ2) is 14.3. The molecular formula is C31H35Cl2N3O5S. The first-order valence-electron chi connectivity index (χ1n) is 13.9. The van der Waals surface area contributed by atoms with Gasteiger partial charge in [-0.15, -0.1) is 0 Å². The number of methoxy groups -OCH3 is 1. The molecule has 0 spiro atoms. The normalized spacial score (nSPS) is 14.3. The lowest BCUT2D eigenvalue weighted by Crippen LogP contribution is -2.53. The first-order valence-corrected chi connectivity index (χ1v) is 16.1. The van der Waals surface area contributed by atoms with Crippen LogP contribution in [0.2, 0.25) is 10.0 Å². The third-order valence-corrected chi connectivity index (χ3v) is 9.79. The van der Waals surface area contributed by atoms with E-state index in [2.05, 4.69) is 5.32 Å². The molecule has 0 bridgehead atoms. The highest BCUT2D eigenvalue weighted by atomic mass is 35.5. The molecule has 1 unspecified atom stereocenters. The lowest BCUT2D eigenvalue weighted by molar-refractivity contribution is -0.140.